The van der Waals surface area contributed by atoms with E-state index in [0.29, 0.717) is 22.9 Å². The van der Waals surface area contributed by atoms with Crippen molar-refractivity contribution in [2.24, 2.45) is 0 Å². The van der Waals surface area contributed by atoms with Crippen molar-refractivity contribution >= 4 is 22.9 Å². The smallest absolute Gasteiger partial charge is 0.266 e. The van der Waals surface area contributed by atoms with Crippen molar-refractivity contribution in [2.75, 3.05) is 18.5 Å². The van der Waals surface area contributed by atoms with Crippen LogP contribution in [-0.2, 0) is 4.74 Å². The molecule has 4 nitrogen and oxygen atoms in total. The quantitative estimate of drug-likeness (QED) is 0.551. The summed E-state index contributed by atoms with van der Waals surface area (Å²) in [5.41, 5.74) is 3.86. The molecule has 4 rings (SSSR count). The number of thiophene rings is 1. The molecule has 3 aromatic rings. The maximum Gasteiger partial charge on any atom is 0.266 e. The van der Waals surface area contributed by atoms with E-state index in [0.717, 1.165) is 30.6 Å². The first-order chi connectivity index (χ1) is 14.2. The molecule has 1 atom stereocenters. The molecule has 2 heterocycles. The molecule has 1 unspecified atom stereocenters. The van der Waals surface area contributed by atoms with Gasteiger partial charge in [-0.3, -0.25) is 4.79 Å². The number of para-hydroxylation sites is 2. The third-order valence-electron chi connectivity index (χ3n) is 5.07. The summed E-state index contributed by atoms with van der Waals surface area (Å²) in [7, 11) is 0. The first-order valence-electron chi connectivity index (χ1n) is 10.00. The van der Waals surface area contributed by atoms with Gasteiger partial charge in [-0.15, -0.1) is 11.3 Å². The topological polar surface area (TPSA) is 47.6 Å². The third-order valence-corrected chi connectivity index (χ3v) is 5.98. The highest BCUT2D eigenvalue weighted by atomic mass is 32.1. The maximum absolute atomic E-state index is 13.0. The average Bonchev–Trinajstić information content (AvgIpc) is 3.24. The second kappa shape index (κ2) is 9.25. The fourth-order valence-electron chi connectivity index (χ4n) is 3.44. The van der Waals surface area contributed by atoms with Crippen molar-refractivity contribution in [2.45, 2.75) is 32.3 Å². The Morgan fingerprint density at radius 2 is 1.97 bits per heavy atom. The summed E-state index contributed by atoms with van der Waals surface area (Å²) in [6.45, 7) is 3.35. The van der Waals surface area contributed by atoms with Gasteiger partial charge in [-0.1, -0.05) is 42.0 Å². The van der Waals surface area contributed by atoms with Crippen LogP contribution in [0.2, 0.25) is 0 Å². The number of nitrogens with one attached hydrogen (secondary N) is 1. The van der Waals surface area contributed by atoms with E-state index in [1.54, 1.807) is 0 Å². The van der Waals surface area contributed by atoms with Crippen LogP contribution >= 0.6 is 11.3 Å². The Kier molecular flexibility index (Phi) is 6.27. The minimum Gasteiger partial charge on any atom is -0.489 e. The fraction of sp³-hybridized carbons (Fsp3) is 0.292. The highest BCUT2D eigenvalue weighted by Crippen LogP contribution is 2.31. The Bertz CT molecular complexity index is 958. The number of hydrogen-bond donors (Lipinski definition) is 1. The molecule has 1 aliphatic rings. The lowest BCUT2D eigenvalue weighted by atomic mass is 10.0. The second-order valence-electron chi connectivity index (χ2n) is 7.28. The summed E-state index contributed by atoms with van der Waals surface area (Å²) in [4.78, 5) is 13.7. The zero-order valence-corrected chi connectivity index (χ0v) is 17.3. The lowest BCUT2D eigenvalue weighted by Crippen LogP contribution is -2.26. The first kappa shape index (κ1) is 19.7. The normalized spacial score (nSPS) is 16.4. The van der Waals surface area contributed by atoms with Gasteiger partial charge in [0.2, 0.25) is 0 Å². The summed E-state index contributed by atoms with van der Waals surface area (Å²) < 4.78 is 11.7. The Morgan fingerprint density at radius 3 is 2.76 bits per heavy atom. The van der Waals surface area contributed by atoms with Crippen LogP contribution in [0.15, 0.2) is 60.0 Å². The van der Waals surface area contributed by atoms with Crippen molar-refractivity contribution in [1.29, 1.82) is 0 Å². The predicted octanol–water partition coefficient (Wildman–Crippen LogP) is 5.92. The molecule has 1 aromatic heterocycles. The number of anilines is 1. The van der Waals surface area contributed by atoms with Crippen LogP contribution in [0, 0.1) is 6.92 Å². The van der Waals surface area contributed by atoms with Gasteiger partial charge in [-0.05, 0) is 55.3 Å². The summed E-state index contributed by atoms with van der Waals surface area (Å²) >= 11 is 1.45. The zero-order valence-electron chi connectivity index (χ0n) is 16.5. The van der Waals surface area contributed by atoms with E-state index in [1.807, 2.05) is 35.7 Å². The molecule has 5 heteroatoms. The molecule has 1 aliphatic heterocycles. The molecule has 29 heavy (non-hydrogen) atoms. The summed E-state index contributed by atoms with van der Waals surface area (Å²) in [6.07, 6.45) is 3.43. The molecular formula is C24H25NO3S. The Labute approximate surface area is 175 Å². The second-order valence-corrected chi connectivity index (χ2v) is 8.20. The number of aryl methyl sites for hydroxylation is 1. The molecule has 0 bridgehead atoms. The van der Waals surface area contributed by atoms with Gasteiger partial charge < -0.3 is 14.8 Å². The fourth-order valence-corrected chi connectivity index (χ4v) is 4.25. The average molecular weight is 408 g/mol. The highest BCUT2D eigenvalue weighted by Gasteiger charge is 2.18. The van der Waals surface area contributed by atoms with Gasteiger partial charge in [0, 0.05) is 12.2 Å². The van der Waals surface area contributed by atoms with Crippen LogP contribution in [0.25, 0.3) is 11.1 Å². The van der Waals surface area contributed by atoms with E-state index in [2.05, 4.69) is 36.5 Å². The Balaban J connectivity index is 1.48. The number of hydrogen-bond acceptors (Lipinski definition) is 4. The number of ether oxygens (including phenoxy) is 2. The highest BCUT2D eigenvalue weighted by molar-refractivity contribution is 7.12. The third kappa shape index (κ3) is 4.86. The number of carbonyl (C=O) groups excluding carboxylic acids is 1. The molecule has 0 radical (unpaired) electrons. The molecule has 1 N–H and O–H groups in total. The zero-order chi connectivity index (χ0) is 20.1. The van der Waals surface area contributed by atoms with E-state index >= 15 is 0 Å². The van der Waals surface area contributed by atoms with Crippen molar-refractivity contribution in [3.8, 4) is 16.9 Å². The van der Waals surface area contributed by atoms with Gasteiger partial charge >= 0.3 is 0 Å². The van der Waals surface area contributed by atoms with E-state index in [1.165, 1.54) is 23.3 Å². The van der Waals surface area contributed by atoms with E-state index in [4.69, 9.17) is 9.47 Å². The maximum atomic E-state index is 13.0. The van der Waals surface area contributed by atoms with Gasteiger partial charge in [0.25, 0.3) is 5.91 Å². The number of carbonyl (C=O) groups is 1. The number of benzene rings is 2. The van der Waals surface area contributed by atoms with Crippen LogP contribution < -0.4 is 10.1 Å². The number of amides is 1. The van der Waals surface area contributed by atoms with Crippen LogP contribution in [0.5, 0.6) is 5.75 Å². The molecule has 150 valence electrons. The van der Waals surface area contributed by atoms with Crippen molar-refractivity contribution < 1.29 is 14.3 Å². The summed E-state index contributed by atoms with van der Waals surface area (Å²) in [5.74, 6) is 0.545. The van der Waals surface area contributed by atoms with E-state index in [-0.39, 0.29) is 12.0 Å². The minimum absolute atomic E-state index is 0.123. The van der Waals surface area contributed by atoms with Crippen LogP contribution in [0.4, 0.5) is 5.69 Å². The SMILES string of the molecule is Cc1ccc(-c2ccsc2C(=O)Nc2ccccc2OCC2CCCCO2)cc1. The van der Waals surface area contributed by atoms with Crippen molar-refractivity contribution in [3.63, 3.8) is 0 Å². The monoisotopic (exact) mass is 407 g/mol. The molecule has 1 amide bonds. The Morgan fingerprint density at radius 1 is 1.14 bits per heavy atom. The van der Waals surface area contributed by atoms with Gasteiger partial charge in [-0.2, -0.15) is 0 Å². The lowest BCUT2D eigenvalue weighted by Gasteiger charge is -2.23. The van der Waals surface area contributed by atoms with Crippen LogP contribution in [0.1, 0.15) is 34.5 Å². The van der Waals surface area contributed by atoms with Gasteiger partial charge in [-0.25, -0.2) is 0 Å². The Hall–Kier alpha value is -2.63. The van der Waals surface area contributed by atoms with Crippen LogP contribution in [0.3, 0.4) is 0 Å². The van der Waals surface area contributed by atoms with E-state index < -0.39 is 0 Å². The van der Waals surface area contributed by atoms with Crippen molar-refractivity contribution in [3.05, 3.63) is 70.4 Å². The lowest BCUT2D eigenvalue weighted by molar-refractivity contribution is -0.0109. The van der Waals surface area contributed by atoms with Gasteiger partial charge in [0.1, 0.15) is 12.4 Å². The van der Waals surface area contributed by atoms with E-state index in [9.17, 15) is 4.79 Å². The molecule has 1 saturated heterocycles. The molecular weight excluding hydrogens is 382 g/mol. The standard InChI is InChI=1S/C24H25NO3S/c1-17-9-11-18(12-10-17)20-13-15-29-23(20)24(26)25-21-7-2-3-8-22(21)28-16-19-6-4-5-14-27-19/h2-3,7-13,15,19H,4-6,14,16H2,1H3,(H,25,26). The van der Waals surface area contributed by atoms with Gasteiger partial charge in [0.15, 0.2) is 0 Å². The minimum atomic E-state index is -0.124. The molecule has 0 aliphatic carbocycles. The van der Waals surface area contributed by atoms with Crippen molar-refractivity contribution in [1.82, 2.24) is 0 Å². The molecule has 1 fully saturated rings. The first-order valence-corrected chi connectivity index (χ1v) is 10.9. The summed E-state index contributed by atoms with van der Waals surface area (Å²) in [5, 5.41) is 4.98. The molecule has 2 aromatic carbocycles. The predicted molar refractivity (Wildman–Crippen MR) is 118 cm³/mol. The van der Waals surface area contributed by atoms with Crippen LogP contribution in [-0.4, -0.2) is 25.2 Å². The largest absolute Gasteiger partial charge is 0.489 e. The summed E-state index contributed by atoms with van der Waals surface area (Å²) in [6, 6.07) is 17.8. The molecule has 0 saturated carbocycles. The van der Waals surface area contributed by atoms with Gasteiger partial charge in [0.05, 0.1) is 16.7 Å². The number of rotatable bonds is 6. The molecule has 0 spiro atoms.